The number of anilines is 3. The molecular weight excluding hydrogens is 401 g/mol. The molecule has 3 rings (SSSR count). The van der Waals surface area contributed by atoms with Crippen LogP contribution in [0.3, 0.4) is 0 Å². The second-order valence-electron chi connectivity index (χ2n) is 6.80. The smallest absolute Gasteiger partial charge is 0.224 e. The Labute approximate surface area is 174 Å². The minimum atomic E-state index is -0.00480. The van der Waals surface area contributed by atoms with Crippen molar-refractivity contribution in [1.82, 2.24) is 14.9 Å². The Morgan fingerprint density at radius 1 is 1.21 bits per heavy atom. The van der Waals surface area contributed by atoms with E-state index >= 15 is 0 Å². The van der Waals surface area contributed by atoms with E-state index in [-0.39, 0.29) is 17.3 Å². The van der Waals surface area contributed by atoms with Crippen molar-refractivity contribution in [2.75, 3.05) is 36.4 Å². The van der Waals surface area contributed by atoms with Crippen LogP contribution in [-0.4, -0.2) is 53.1 Å². The van der Waals surface area contributed by atoms with Gasteiger partial charge in [-0.3, -0.25) is 4.79 Å². The number of aromatic nitrogens is 2. The summed E-state index contributed by atoms with van der Waals surface area (Å²) in [5.74, 6) is 1.22. The first kappa shape index (κ1) is 20.5. The van der Waals surface area contributed by atoms with Gasteiger partial charge in [0.1, 0.15) is 10.8 Å². The molecule has 1 amide bonds. The Morgan fingerprint density at radius 2 is 1.93 bits per heavy atom. The molecule has 0 bridgehead atoms. The van der Waals surface area contributed by atoms with Crippen LogP contribution in [0.25, 0.3) is 0 Å². The molecule has 0 saturated carbocycles. The van der Waals surface area contributed by atoms with Gasteiger partial charge in [-0.15, -0.1) is 0 Å². The van der Waals surface area contributed by atoms with Crippen LogP contribution in [0.4, 0.5) is 17.2 Å². The van der Waals surface area contributed by atoms with Gasteiger partial charge in [-0.2, -0.15) is 4.98 Å². The second kappa shape index (κ2) is 8.84. The highest BCUT2D eigenvalue weighted by molar-refractivity contribution is 6.33. The van der Waals surface area contributed by atoms with Gasteiger partial charge >= 0.3 is 0 Å². The third kappa shape index (κ3) is 4.97. The molecule has 0 spiro atoms. The molecule has 0 atom stereocenters. The summed E-state index contributed by atoms with van der Waals surface area (Å²) in [5, 5.41) is 3.65. The fourth-order valence-electron chi connectivity index (χ4n) is 3.00. The van der Waals surface area contributed by atoms with Crippen molar-refractivity contribution in [3.05, 3.63) is 34.7 Å². The van der Waals surface area contributed by atoms with Crippen molar-refractivity contribution in [3.63, 3.8) is 0 Å². The SMILES string of the molecule is CC(=O)N1CCN(c2ccc(Nc3nc(Cl)ncc3Cl)c(OC(C)C)c2)CC1. The van der Waals surface area contributed by atoms with Gasteiger partial charge in [0.15, 0.2) is 5.82 Å². The molecule has 1 saturated heterocycles. The molecule has 1 N–H and O–H groups in total. The van der Waals surface area contributed by atoms with E-state index in [1.165, 1.54) is 6.20 Å². The number of hydrogen-bond donors (Lipinski definition) is 1. The van der Waals surface area contributed by atoms with Gasteiger partial charge in [-0.05, 0) is 37.6 Å². The number of carbonyl (C=O) groups excluding carboxylic acids is 1. The van der Waals surface area contributed by atoms with E-state index < -0.39 is 0 Å². The Morgan fingerprint density at radius 3 is 2.57 bits per heavy atom. The van der Waals surface area contributed by atoms with Gasteiger partial charge in [0.05, 0.1) is 18.0 Å². The third-order valence-electron chi connectivity index (χ3n) is 4.39. The number of nitrogens with one attached hydrogen (secondary N) is 1. The maximum absolute atomic E-state index is 11.5. The van der Waals surface area contributed by atoms with Crippen molar-refractivity contribution in [3.8, 4) is 5.75 Å². The van der Waals surface area contributed by atoms with Gasteiger partial charge in [0, 0.05) is 44.9 Å². The van der Waals surface area contributed by atoms with Crippen molar-refractivity contribution in [1.29, 1.82) is 0 Å². The number of carbonyl (C=O) groups is 1. The molecule has 0 unspecified atom stereocenters. The average molecular weight is 424 g/mol. The van der Waals surface area contributed by atoms with Crippen LogP contribution in [0.2, 0.25) is 10.3 Å². The van der Waals surface area contributed by atoms with Crippen LogP contribution < -0.4 is 15.0 Å². The van der Waals surface area contributed by atoms with Crippen molar-refractivity contribution >= 4 is 46.3 Å². The number of piperazine rings is 1. The highest BCUT2D eigenvalue weighted by Gasteiger charge is 2.20. The van der Waals surface area contributed by atoms with Crippen LogP contribution in [0.5, 0.6) is 5.75 Å². The molecule has 150 valence electrons. The first-order chi connectivity index (χ1) is 13.3. The number of benzene rings is 1. The predicted molar refractivity (Wildman–Crippen MR) is 112 cm³/mol. The molecule has 2 aromatic rings. The standard InChI is InChI=1S/C19H23Cl2N5O2/c1-12(2)28-17-10-14(26-8-6-25(7-9-26)13(3)27)4-5-16(17)23-18-15(20)11-22-19(21)24-18/h4-5,10-12H,6-9H2,1-3H3,(H,22,23,24). The van der Waals surface area contributed by atoms with Gasteiger partial charge in [0.25, 0.3) is 0 Å². The molecule has 1 fully saturated rings. The van der Waals surface area contributed by atoms with Gasteiger partial charge in [-0.25, -0.2) is 4.98 Å². The number of halogens is 2. The first-order valence-electron chi connectivity index (χ1n) is 9.09. The highest BCUT2D eigenvalue weighted by atomic mass is 35.5. The summed E-state index contributed by atoms with van der Waals surface area (Å²) in [4.78, 5) is 23.6. The summed E-state index contributed by atoms with van der Waals surface area (Å²) >= 11 is 12.1. The molecule has 1 aliphatic rings. The van der Waals surface area contributed by atoms with E-state index in [0.29, 0.717) is 29.7 Å². The van der Waals surface area contributed by atoms with Gasteiger partial charge in [0.2, 0.25) is 11.2 Å². The van der Waals surface area contributed by atoms with Crippen LogP contribution in [0, 0.1) is 0 Å². The maximum atomic E-state index is 11.5. The lowest BCUT2D eigenvalue weighted by Gasteiger charge is -2.36. The lowest BCUT2D eigenvalue weighted by molar-refractivity contribution is -0.129. The molecule has 9 heteroatoms. The van der Waals surface area contributed by atoms with E-state index in [1.807, 2.05) is 36.9 Å². The topological polar surface area (TPSA) is 70.6 Å². The number of nitrogens with zero attached hydrogens (tertiary/aromatic N) is 4. The van der Waals surface area contributed by atoms with Gasteiger partial charge < -0.3 is 19.9 Å². The van der Waals surface area contributed by atoms with Crippen molar-refractivity contribution in [2.24, 2.45) is 0 Å². The average Bonchev–Trinajstić information content (AvgIpc) is 2.65. The van der Waals surface area contributed by atoms with Crippen LogP contribution in [0.1, 0.15) is 20.8 Å². The van der Waals surface area contributed by atoms with Crippen LogP contribution in [-0.2, 0) is 4.79 Å². The van der Waals surface area contributed by atoms with E-state index in [4.69, 9.17) is 27.9 Å². The Kier molecular flexibility index (Phi) is 6.46. The quantitative estimate of drug-likeness (QED) is 0.733. The minimum Gasteiger partial charge on any atom is -0.489 e. The lowest BCUT2D eigenvalue weighted by atomic mass is 10.2. The molecule has 1 aliphatic heterocycles. The summed E-state index contributed by atoms with van der Waals surface area (Å²) < 4.78 is 6.01. The number of amides is 1. The molecule has 0 radical (unpaired) electrons. The van der Waals surface area contributed by atoms with Crippen molar-refractivity contribution in [2.45, 2.75) is 26.9 Å². The summed E-state index contributed by atoms with van der Waals surface area (Å²) in [7, 11) is 0. The number of rotatable bonds is 5. The Bertz CT molecular complexity index is 854. The van der Waals surface area contributed by atoms with Gasteiger partial charge in [-0.1, -0.05) is 11.6 Å². The van der Waals surface area contributed by atoms with E-state index in [9.17, 15) is 4.79 Å². The third-order valence-corrected chi connectivity index (χ3v) is 4.84. The van der Waals surface area contributed by atoms with E-state index in [2.05, 4.69) is 20.2 Å². The zero-order valence-corrected chi connectivity index (χ0v) is 17.6. The lowest BCUT2D eigenvalue weighted by Crippen LogP contribution is -2.48. The first-order valence-corrected chi connectivity index (χ1v) is 9.85. The Hall–Kier alpha value is -2.25. The van der Waals surface area contributed by atoms with Crippen molar-refractivity contribution < 1.29 is 9.53 Å². The summed E-state index contributed by atoms with van der Waals surface area (Å²) in [6, 6.07) is 5.93. The largest absolute Gasteiger partial charge is 0.489 e. The fourth-order valence-corrected chi connectivity index (χ4v) is 3.27. The number of hydrogen-bond acceptors (Lipinski definition) is 6. The van der Waals surface area contributed by atoms with E-state index in [1.54, 1.807) is 6.92 Å². The summed E-state index contributed by atoms with van der Waals surface area (Å²) in [6.45, 7) is 8.53. The zero-order valence-electron chi connectivity index (χ0n) is 16.1. The molecule has 1 aromatic heterocycles. The highest BCUT2D eigenvalue weighted by Crippen LogP contribution is 2.34. The van der Waals surface area contributed by atoms with Crippen LogP contribution in [0.15, 0.2) is 24.4 Å². The fraction of sp³-hybridized carbons (Fsp3) is 0.421. The molecular formula is C19H23Cl2N5O2. The molecule has 28 heavy (non-hydrogen) atoms. The molecule has 7 nitrogen and oxygen atoms in total. The Balaban J connectivity index is 1.84. The molecule has 0 aliphatic carbocycles. The number of ether oxygens (including phenoxy) is 1. The molecule has 2 heterocycles. The zero-order chi connectivity index (χ0) is 20.3. The monoisotopic (exact) mass is 423 g/mol. The minimum absolute atomic E-state index is 0.00480. The van der Waals surface area contributed by atoms with Crippen LogP contribution >= 0.6 is 23.2 Å². The maximum Gasteiger partial charge on any atom is 0.224 e. The summed E-state index contributed by atoms with van der Waals surface area (Å²) in [6.07, 6.45) is 1.44. The second-order valence-corrected chi connectivity index (χ2v) is 7.55. The molecule has 1 aromatic carbocycles. The summed E-state index contributed by atoms with van der Waals surface area (Å²) in [5.41, 5.74) is 1.77. The van der Waals surface area contributed by atoms with E-state index in [0.717, 1.165) is 24.5 Å². The normalized spacial score (nSPS) is 14.4. The predicted octanol–water partition coefficient (Wildman–Crippen LogP) is 3.98.